The van der Waals surface area contributed by atoms with Crippen molar-refractivity contribution >= 4 is 5.97 Å². The molecule has 9 fully saturated rings. The molecule has 9 rings (SSSR count). The number of hydrogen-bond acceptors (Lipinski definition) is 27. The average Bonchev–Trinajstić information content (AvgIpc) is 3.92. The molecule has 5 aliphatic heterocycles. The molecular formula is C50H80O27. The van der Waals surface area contributed by atoms with E-state index in [1.807, 2.05) is 0 Å². The molecule has 4 saturated carbocycles. The maximum atomic E-state index is 15.1. The van der Waals surface area contributed by atoms with Gasteiger partial charge in [0.15, 0.2) is 31.3 Å². The van der Waals surface area contributed by atoms with Gasteiger partial charge in [0.1, 0.15) is 104 Å². The molecule has 77 heavy (non-hydrogen) atoms. The smallest absolute Gasteiger partial charge is 0.314 e. The van der Waals surface area contributed by atoms with Crippen LogP contribution >= 0.6 is 0 Å². The zero-order chi connectivity index (χ0) is 55.8. The molecule has 5 heterocycles. The first kappa shape index (κ1) is 59.8. The highest BCUT2D eigenvalue weighted by molar-refractivity contribution is 5.77. The van der Waals surface area contributed by atoms with Gasteiger partial charge in [-0.1, -0.05) is 19.9 Å². The molecule has 0 radical (unpaired) electrons. The monoisotopic (exact) mass is 1110 g/mol. The summed E-state index contributed by atoms with van der Waals surface area (Å²) in [6, 6.07) is 0. The van der Waals surface area contributed by atoms with Gasteiger partial charge in [0.05, 0.1) is 50.2 Å². The van der Waals surface area contributed by atoms with Gasteiger partial charge in [0.25, 0.3) is 0 Å². The highest BCUT2D eigenvalue weighted by atomic mass is 16.8. The minimum atomic E-state index is -2.01. The first-order valence-corrected chi connectivity index (χ1v) is 26.8. The number of aliphatic hydroxyl groups excluding tert-OH is 16. The third kappa shape index (κ3) is 10.5. The van der Waals surface area contributed by atoms with Gasteiger partial charge in [-0.2, -0.15) is 0 Å². The number of rotatable bonds is 15. The average molecular weight is 1110 g/mol. The SMILES string of the molecule is C=C1C[C@@]23CC[C@H]4[C@@](C)(CCC[C@@]4(C)C(=O)OC4OC(CO)C(O)C(O)C4OC4OC(CO)C(O)C(O)C4OC4OC(CO)C(O)C(O)C4O)[C@@H]2CC[C@]1(OC1OC(CO)C(O)CC1OC1OC(CO)C(O)C(O)C1O)C3. The molecule has 9 aliphatic rings. The molecule has 24 unspecified atom stereocenters. The Morgan fingerprint density at radius 2 is 1.00 bits per heavy atom. The lowest BCUT2D eigenvalue weighted by molar-refractivity contribution is -0.391. The Labute approximate surface area is 443 Å². The van der Waals surface area contributed by atoms with Gasteiger partial charge in [-0.3, -0.25) is 4.79 Å². The summed E-state index contributed by atoms with van der Waals surface area (Å²) in [5, 5.41) is 169. The summed E-state index contributed by atoms with van der Waals surface area (Å²) in [4.78, 5) is 15.1. The second kappa shape index (κ2) is 23.1. The Balaban J connectivity index is 0.929. The van der Waals surface area contributed by atoms with Crippen molar-refractivity contribution in [3.63, 3.8) is 0 Å². The fourth-order valence-electron chi connectivity index (χ4n) is 14.9. The van der Waals surface area contributed by atoms with E-state index in [0.29, 0.717) is 51.4 Å². The zero-order valence-corrected chi connectivity index (χ0v) is 43.0. The number of fused-ring (bicyclic) bond motifs is 3. The summed E-state index contributed by atoms with van der Waals surface area (Å²) in [6.45, 7) is 4.66. The zero-order valence-electron chi connectivity index (χ0n) is 43.0. The lowest BCUT2D eigenvalue weighted by atomic mass is 9.41. The number of carbonyl (C=O) groups excluding carboxylic acids is 1. The second-order valence-electron chi connectivity index (χ2n) is 23.5. The van der Waals surface area contributed by atoms with Gasteiger partial charge in [0, 0.05) is 6.42 Å². The topological polar surface area (TPSA) is 433 Å². The van der Waals surface area contributed by atoms with Crippen molar-refractivity contribution in [1.29, 1.82) is 0 Å². The molecule has 4 aliphatic carbocycles. The molecule has 2 bridgehead atoms. The van der Waals surface area contributed by atoms with Crippen LogP contribution in [0.25, 0.3) is 0 Å². The van der Waals surface area contributed by atoms with E-state index in [1.165, 1.54) is 0 Å². The number of ether oxygens (including phenoxy) is 10. The number of aliphatic hydroxyl groups is 16. The van der Waals surface area contributed by atoms with Gasteiger partial charge < -0.3 is 129 Å². The lowest BCUT2D eigenvalue weighted by Gasteiger charge is -2.64. The molecule has 30 atom stereocenters. The summed E-state index contributed by atoms with van der Waals surface area (Å²) < 4.78 is 60.2. The second-order valence-corrected chi connectivity index (χ2v) is 23.5. The highest BCUT2D eigenvalue weighted by Gasteiger charge is 2.69. The van der Waals surface area contributed by atoms with Crippen molar-refractivity contribution in [3.8, 4) is 0 Å². The van der Waals surface area contributed by atoms with Crippen LogP contribution < -0.4 is 0 Å². The molecule has 442 valence electrons. The molecule has 27 heteroatoms. The summed E-state index contributed by atoms with van der Waals surface area (Å²) in [6.07, 6.45) is -35.3. The van der Waals surface area contributed by atoms with E-state index in [4.69, 9.17) is 47.4 Å². The van der Waals surface area contributed by atoms with Gasteiger partial charge in [-0.25, -0.2) is 0 Å². The molecule has 0 aromatic rings. The minimum absolute atomic E-state index is 0.0145. The first-order valence-electron chi connectivity index (χ1n) is 26.8. The van der Waals surface area contributed by atoms with Crippen molar-refractivity contribution < 1.29 is 134 Å². The van der Waals surface area contributed by atoms with E-state index in [2.05, 4.69) is 13.5 Å². The lowest BCUT2D eigenvalue weighted by Crippen LogP contribution is -2.67. The van der Waals surface area contributed by atoms with Crippen LogP contribution in [-0.2, 0) is 52.2 Å². The van der Waals surface area contributed by atoms with Crippen molar-refractivity contribution in [3.05, 3.63) is 12.2 Å². The van der Waals surface area contributed by atoms with Crippen molar-refractivity contribution in [2.24, 2.45) is 28.1 Å². The maximum Gasteiger partial charge on any atom is 0.314 e. The van der Waals surface area contributed by atoms with E-state index in [1.54, 1.807) is 6.92 Å². The van der Waals surface area contributed by atoms with Crippen LogP contribution in [0.15, 0.2) is 12.2 Å². The van der Waals surface area contributed by atoms with Gasteiger partial charge in [-0.15, -0.1) is 0 Å². The minimum Gasteiger partial charge on any atom is -0.432 e. The first-order chi connectivity index (χ1) is 36.4. The quantitative estimate of drug-likeness (QED) is 0.0412. The van der Waals surface area contributed by atoms with Gasteiger partial charge >= 0.3 is 5.97 Å². The Kier molecular flexibility index (Phi) is 17.9. The Morgan fingerprint density at radius 1 is 0.532 bits per heavy atom. The van der Waals surface area contributed by atoms with E-state index in [9.17, 15) is 81.7 Å². The molecule has 16 N–H and O–H groups in total. The van der Waals surface area contributed by atoms with Crippen molar-refractivity contribution in [2.75, 3.05) is 33.0 Å². The maximum absolute atomic E-state index is 15.1. The fourth-order valence-corrected chi connectivity index (χ4v) is 14.9. The summed E-state index contributed by atoms with van der Waals surface area (Å²) in [7, 11) is 0. The predicted octanol–water partition coefficient (Wildman–Crippen LogP) is -6.26. The van der Waals surface area contributed by atoms with Crippen LogP contribution in [0, 0.1) is 28.1 Å². The predicted molar refractivity (Wildman–Crippen MR) is 250 cm³/mol. The number of carbonyl (C=O) groups is 1. The molecule has 27 nitrogen and oxygen atoms in total. The highest BCUT2D eigenvalue weighted by Crippen LogP contribution is 2.74. The largest absolute Gasteiger partial charge is 0.432 e. The third-order valence-electron chi connectivity index (χ3n) is 19.1. The molecule has 0 aromatic carbocycles. The van der Waals surface area contributed by atoms with E-state index in [0.717, 1.165) is 12.0 Å². The van der Waals surface area contributed by atoms with Crippen LogP contribution in [0.1, 0.15) is 78.1 Å². The van der Waals surface area contributed by atoms with E-state index < -0.39 is 203 Å². The standard InChI is InChI=1S/C50H80O27/c1-19-12-49-9-5-27-47(2,28(49)6-10-50(19,18-49)77-41-21(11-20(56)22(13-51)69-41)68-42-37(65)33(61)29(57)23(14-52)70-42)7-4-8-48(27,3)46(67)76-45-40(36(64)32(60)26(17-55)73-45)75-44-39(35(63)31(59)25(16-54)72-44)74-43-38(66)34(62)30(58)24(15-53)71-43/h20-45,51-66H,1,4-18H2,2-3H3/t20?,21?,22?,23?,24?,25?,26?,27-,28-,29?,30?,31?,32?,33?,34?,35?,36?,37?,38?,39?,40?,41?,42?,43?,44?,45?,47+,48+,49+,50-/m0/s1. The molecular weight excluding hydrogens is 1030 g/mol. The number of esters is 1. The van der Waals surface area contributed by atoms with Crippen molar-refractivity contribution in [2.45, 2.75) is 231 Å². The molecule has 5 saturated heterocycles. The van der Waals surface area contributed by atoms with E-state index in [-0.39, 0.29) is 23.7 Å². The summed E-state index contributed by atoms with van der Waals surface area (Å²) in [5.74, 6) is -1.04. The third-order valence-corrected chi connectivity index (χ3v) is 19.1. The van der Waals surface area contributed by atoms with Crippen molar-refractivity contribution in [1.82, 2.24) is 0 Å². The van der Waals surface area contributed by atoms with E-state index >= 15 is 4.79 Å². The van der Waals surface area contributed by atoms with Crippen LogP contribution in [0.4, 0.5) is 0 Å². The Hall–Kier alpha value is -1.79. The summed E-state index contributed by atoms with van der Waals surface area (Å²) >= 11 is 0. The Morgan fingerprint density at radius 3 is 1.56 bits per heavy atom. The van der Waals surface area contributed by atoms with Gasteiger partial charge in [-0.05, 0) is 86.5 Å². The normalized spacial score (nSPS) is 54.1. The molecule has 0 aromatic heterocycles. The van der Waals surface area contributed by atoms with Crippen LogP contribution in [0.5, 0.6) is 0 Å². The molecule has 1 spiro atoms. The van der Waals surface area contributed by atoms with Crippen LogP contribution in [-0.4, -0.2) is 274 Å². The van der Waals surface area contributed by atoms with Crippen LogP contribution in [0.3, 0.4) is 0 Å². The fraction of sp³-hybridized carbons (Fsp3) is 0.940. The molecule has 0 amide bonds. The van der Waals surface area contributed by atoms with Gasteiger partial charge in [0.2, 0.25) is 6.29 Å². The van der Waals surface area contributed by atoms with Crippen LogP contribution in [0.2, 0.25) is 0 Å². The number of hydrogen-bond donors (Lipinski definition) is 16. The summed E-state index contributed by atoms with van der Waals surface area (Å²) in [5.41, 5.74) is -2.26. The Bertz CT molecular complexity index is 2040.